The average Bonchev–Trinajstić information content (AvgIpc) is 2.14. The largest absolute Gasteiger partial charge is 2.00 e. The summed E-state index contributed by atoms with van der Waals surface area (Å²) in [5.74, 6) is -6.77. The minimum Gasteiger partial charge on any atom is -0.550 e. The Morgan fingerprint density at radius 1 is 1.10 bits per heavy atom. The third-order valence-electron chi connectivity index (χ3n) is 1.62. The van der Waals surface area contributed by atoms with Gasteiger partial charge in [0.2, 0.25) is 0 Å². The van der Waals surface area contributed by atoms with Crippen molar-refractivity contribution >= 4 is 46.9 Å². The van der Waals surface area contributed by atoms with Gasteiger partial charge in [0.15, 0.2) is 5.60 Å². The number of carboxylic acid groups (broad SMARTS) is 4. The van der Waals surface area contributed by atoms with E-state index >= 15 is 0 Å². The molecule has 0 saturated carbocycles. The van der Waals surface area contributed by atoms with Crippen LogP contribution in [0.5, 0.6) is 0 Å². The zero-order valence-corrected chi connectivity index (χ0v) is 11.9. The van der Waals surface area contributed by atoms with Gasteiger partial charge in [0.1, 0.15) is 0 Å². The molecule has 0 aromatic rings. The fraction of sp³-hybridized carbons (Fsp3) is 0.556. The first-order valence-corrected chi connectivity index (χ1v) is 4.68. The van der Waals surface area contributed by atoms with E-state index in [1.165, 1.54) is 0 Å². The van der Waals surface area contributed by atoms with Crippen LogP contribution in [0, 0.1) is 0 Å². The van der Waals surface area contributed by atoms with Crippen molar-refractivity contribution in [3.8, 4) is 0 Å². The van der Waals surface area contributed by atoms with Crippen molar-refractivity contribution in [2.24, 2.45) is 0 Å². The zero-order chi connectivity index (χ0) is 15.8. The Morgan fingerprint density at radius 3 is 1.60 bits per heavy atom. The summed E-state index contributed by atoms with van der Waals surface area (Å²) < 4.78 is 0. The van der Waals surface area contributed by atoms with Gasteiger partial charge in [-0.05, 0) is 6.92 Å². The average molecular weight is 304 g/mol. The van der Waals surface area contributed by atoms with Crippen molar-refractivity contribution in [3.05, 3.63) is 0 Å². The second kappa shape index (κ2) is 10.4. The van der Waals surface area contributed by atoms with Crippen LogP contribution in [-0.2, 0) is 19.2 Å². The monoisotopic (exact) mass is 304 g/mol. The Morgan fingerprint density at radius 2 is 1.45 bits per heavy atom. The fourth-order valence-electron chi connectivity index (χ4n) is 0.703. The molecular weight excluding hydrogens is 292 g/mol. The quantitative estimate of drug-likeness (QED) is 0.345. The van der Waals surface area contributed by atoms with Gasteiger partial charge >= 0.3 is 35.0 Å². The van der Waals surface area contributed by atoms with E-state index in [-0.39, 0.29) is 23.1 Å². The number of rotatable bonds is 6. The Balaban J connectivity index is -0.000000352. The Labute approximate surface area is 128 Å². The maximum absolute atomic E-state index is 10.3. The van der Waals surface area contributed by atoms with Crippen LogP contribution >= 0.6 is 0 Å². The third kappa shape index (κ3) is 11.6. The van der Waals surface area contributed by atoms with Gasteiger partial charge in [-0.15, -0.1) is 0 Å². The number of aliphatic hydroxyl groups excluding tert-OH is 1. The minimum absolute atomic E-state index is 0. The molecule has 4 N–H and O–H groups in total. The Bertz CT molecular complexity index is 348. The maximum Gasteiger partial charge on any atom is 2.00 e. The molecule has 2 atom stereocenters. The SMILES string of the molecule is CC(O)C(=O)[O-].O=C([O-])CC(O)(CC(=O)O)C(=O)O.[Mg+2]. The molecule has 0 aromatic heterocycles. The van der Waals surface area contributed by atoms with E-state index in [2.05, 4.69) is 0 Å². The van der Waals surface area contributed by atoms with Crippen LogP contribution in [0.1, 0.15) is 19.8 Å². The van der Waals surface area contributed by atoms with E-state index in [1.807, 2.05) is 0 Å². The van der Waals surface area contributed by atoms with Gasteiger partial charge in [0.05, 0.1) is 18.5 Å². The fourth-order valence-corrected chi connectivity index (χ4v) is 0.703. The van der Waals surface area contributed by atoms with Crippen molar-refractivity contribution in [2.75, 3.05) is 0 Å². The topological polar surface area (TPSA) is 195 Å². The molecule has 0 aliphatic carbocycles. The van der Waals surface area contributed by atoms with E-state index < -0.39 is 48.4 Å². The maximum atomic E-state index is 10.3. The summed E-state index contributed by atoms with van der Waals surface area (Å²) in [4.78, 5) is 39.7. The number of carbonyl (C=O) groups is 4. The molecule has 20 heavy (non-hydrogen) atoms. The molecule has 0 rings (SSSR count). The van der Waals surface area contributed by atoms with Crippen LogP contribution in [0.4, 0.5) is 0 Å². The molecule has 0 aromatic carbocycles. The molecule has 0 radical (unpaired) electrons. The summed E-state index contributed by atoms with van der Waals surface area (Å²) in [6.45, 7) is 1.13. The predicted molar refractivity (Wildman–Crippen MR) is 56.9 cm³/mol. The van der Waals surface area contributed by atoms with Gasteiger partial charge in [-0.3, -0.25) is 4.79 Å². The molecule has 10 nitrogen and oxygen atoms in total. The summed E-state index contributed by atoms with van der Waals surface area (Å²) in [5.41, 5.74) is -2.80. The summed E-state index contributed by atoms with van der Waals surface area (Å²) >= 11 is 0. The van der Waals surface area contributed by atoms with Crippen LogP contribution in [0.25, 0.3) is 0 Å². The van der Waals surface area contributed by atoms with Crippen LogP contribution < -0.4 is 10.2 Å². The predicted octanol–water partition coefficient (Wildman–Crippen LogP) is -4.85. The third-order valence-corrected chi connectivity index (χ3v) is 1.62. The van der Waals surface area contributed by atoms with Gasteiger partial charge in [0.25, 0.3) is 0 Å². The number of carbonyl (C=O) groups excluding carboxylic acids is 2. The van der Waals surface area contributed by atoms with E-state index in [0.29, 0.717) is 0 Å². The number of carboxylic acids is 4. The molecule has 0 bridgehead atoms. The standard InChI is InChI=1S/C6H8O7.C3H6O3.Mg/c7-3(8)1-6(13,5(11)12)2-4(9)10;1-2(4)3(5)6;/h13H,1-2H2,(H,7,8)(H,9,10)(H,11,12);2,4H,1H3,(H,5,6);/q;;+2/p-2. The van der Waals surface area contributed by atoms with Crippen molar-refractivity contribution in [1.29, 1.82) is 0 Å². The second-order valence-corrected chi connectivity index (χ2v) is 3.45. The van der Waals surface area contributed by atoms with E-state index in [4.69, 9.17) is 20.4 Å². The van der Waals surface area contributed by atoms with Gasteiger partial charge < -0.3 is 40.2 Å². The molecule has 0 heterocycles. The summed E-state index contributed by atoms with van der Waals surface area (Å²) in [7, 11) is 0. The molecule has 0 amide bonds. The molecule has 11 heteroatoms. The smallest absolute Gasteiger partial charge is 0.550 e. The van der Waals surface area contributed by atoms with Gasteiger partial charge in [0, 0.05) is 12.4 Å². The molecule has 0 aliphatic rings. The van der Waals surface area contributed by atoms with Crippen LogP contribution in [0.2, 0.25) is 0 Å². The first-order chi connectivity index (χ1) is 8.42. The van der Waals surface area contributed by atoms with Crippen molar-refractivity contribution in [3.63, 3.8) is 0 Å². The van der Waals surface area contributed by atoms with Gasteiger partial charge in [-0.1, -0.05) is 0 Å². The number of aliphatic hydroxyl groups is 2. The first-order valence-electron chi connectivity index (χ1n) is 4.68. The Hall–Kier alpha value is -1.43. The van der Waals surface area contributed by atoms with Gasteiger partial charge in [-0.2, -0.15) is 0 Å². The van der Waals surface area contributed by atoms with Crippen LogP contribution in [-0.4, -0.2) is 79.1 Å². The number of hydrogen-bond acceptors (Lipinski definition) is 8. The molecule has 0 aliphatic heterocycles. The second-order valence-electron chi connectivity index (χ2n) is 3.45. The van der Waals surface area contributed by atoms with Crippen molar-refractivity contribution < 1.29 is 49.8 Å². The normalized spacial score (nSPS) is 13.6. The van der Waals surface area contributed by atoms with Crippen LogP contribution in [0.3, 0.4) is 0 Å². The number of aliphatic carboxylic acids is 4. The first kappa shape index (κ1) is 23.6. The molecular formula is C9H12MgO10. The van der Waals surface area contributed by atoms with Gasteiger partial charge in [-0.25, -0.2) is 4.79 Å². The number of hydrogen-bond donors (Lipinski definition) is 4. The summed E-state index contributed by atoms with van der Waals surface area (Å²) in [5, 5.41) is 52.8. The molecule has 110 valence electrons. The molecule has 0 fully saturated rings. The molecule has 0 saturated heterocycles. The summed E-state index contributed by atoms with van der Waals surface area (Å²) in [6, 6.07) is 0. The van der Waals surface area contributed by atoms with Crippen LogP contribution in [0.15, 0.2) is 0 Å². The zero-order valence-electron chi connectivity index (χ0n) is 10.4. The molecule has 2 unspecified atom stereocenters. The van der Waals surface area contributed by atoms with E-state index in [9.17, 15) is 29.4 Å². The van der Waals surface area contributed by atoms with E-state index in [0.717, 1.165) is 6.92 Å². The van der Waals surface area contributed by atoms with E-state index in [1.54, 1.807) is 0 Å². The van der Waals surface area contributed by atoms with Crippen molar-refractivity contribution in [2.45, 2.75) is 31.5 Å². The summed E-state index contributed by atoms with van der Waals surface area (Å²) in [6.07, 6.45) is -3.78. The minimum atomic E-state index is -2.80. The van der Waals surface area contributed by atoms with Crippen molar-refractivity contribution in [1.82, 2.24) is 0 Å². The molecule has 0 spiro atoms. The Kier molecular flexibility index (Phi) is 12.3.